The van der Waals surface area contributed by atoms with Crippen molar-refractivity contribution in [1.82, 2.24) is 10.2 Å². The first-order valence-electron chi connectivity index (χ1n) is 5.02. The minimum absolute atomic E-state index is 0.690. The maximum absolute atomic E-state index is 5.36. The average Bonchev–Trinajstić information content (AvgIpc) is 2.37. The lowest BCUT2D eigenvalue weighted by atomic mass is 10.1. The van der Waals surface area contributed by atoms with E-state index in [9.17, 15) is 0 Å². The van der Waals surface area contributed by atoms with Crippen LogP contribution in [0.15, 0.2) is 30.5 Å². The predicted molar refractivity (Wildman–Crippen MR) is 60.9 cm³/mol. The van der Waals surface area contributed by atoms with Gasteiger partial charge in [-0.25, -0.2) is 0 Å². The van der Waals surface area contributed by atoms with Crippen LogP contribution in [-0.2, 0) is 15.3 Å². The number of benzene rings is 1. The van der Waals surface area contributed by atoms with Crippen molar-refractivity contribution in [2.45, 2.75) is 12.7 Å². The van der Waals surface area contributed by atoms with Crippen LogP contribution >= 0.6 is 0 Å². The molecular formula is C12H14N2O2. The summed E-state index contributed by atoms with van der Waals surface area (Å²) in [5.41, 5.74) is 0.690. The third-order valence-corrected chi connectivity index (χ3v) is 2.78. The Kier molecular flexibility index (Phi) is 2.85. The fourth-order valence-electron chi connectivity index (χ4n) is 1.64. The first kappa shape index (κ1) is 11.0. The highest BCUT2D eigenvalue weighted by molar-refractivity contribution is 5.83. The zero-order valence-electron chi connectivity index (χ0n) is 9.60. The van der Waals surface area contributed by atoms with E-state index in [0.717, 1.165) is 10.8 Å². The lowest BCUT2D eigenvalue weighted by Crippen LogP contribution is -2.28. The van der Waals surface area contributed by atoms with E-state index in [4.69, 9.17) is 9.47 Å². The van der Waals surface area contributed by atoms with E-state index in [1.165, 1.54) is 0 Å². The van der Waals surface area contributed by atoms with E-state index in [2.05, 4.69) is 10.2 Å². The summed E-state index contributed by atoms with van der Waals surface area (Å²) in [6, 6.07) is 7.89. The molecule has 0 N–H and O–H groups in total. The van der Waals surface area contributed by atoms with E-state index >= 15 is 0 Å². The molecular weight excluding hydrogens is 204 g/mol. The summed E-state index contributed by atoms with van der Waals surface area (Å²) in [6.45, 7) is 1.82. The maximum Gasteiger partial charge on any atom is 0.211 e. The summed E-state index contributed by atoms with van der Waals surface area (Å²) < 4.78 is 10.7. The van der Waals surface area contributed by atoms with Crippen LogP contribution in [0.3, 0.4) is 0 Å². The Labute approximate surface area is 94.2 Å². The molecule has 0 unspecified atom stereocenters. The van der Waals surface area contributed by atoms with Gasteiger partial charge in [0.2, 0.25) is 5.79 Å². The van der Waals surface area contributed by atoms with Gasteiger partial charge < -0.3 is 9.47 Å². The molecule has 0 saturated heterocycles. The molecule has 0 aliphatic heterocycles. The molecule has 2 rings (SSSR count). The van der Waals surface area contributed by atoms with Gasteiger partial charge in [0.25, 0.3) is 0 Å². The van der Waals surface area contributed by atoms with E-state index in [1.807, 2.05) is 31.2 Å². The van der Waals surface area contributed by atoms with Crippen LogP contribution in [0.4, 0.5) is 0 Å². The molecule has 0 saturated carbocycles. The van der Waals surface area contributed by atoms with Crippen LogP contribution in [0.5, 0.6) is 0 Å². The van der Waals surface area contributed by atoms with Crippen molar-refractivity contribution in [3.63, 3.8) is 0 Å². The van der Waals surface area contributed by atoms with Gasteiger partial charge >= 0.3 is 0 Å². The number of aromatic nitrogens is 2. The summed E-state index contributed by atoms with van der Waals surface area (Å²) in [4.78, 5) is 0. The van der Waals surface area contributed by atoms with Crippen LogP contribution in [0, 0.1) is 0 Å². The molecule has 0 atom stereocenters. The summed E-state index contributed by atoms with van der Waals surface area (Å²) in [5, 5.41) is 10.1. The zero-order valence-corrected chi connectivity index (χ0v) is 9.60. The Bertz CT molecular complexity index is 490. The average molecular weight is 218 g/mol. The molecule has 0 aliphatic rings. The summed E-state index contributed by atoms with van der Waals surface area (Å²) in [6.07, 6.45) is 1.73. The third-order valence-electron chi connectivity index (χ3n) is 2.78. The van der Waals surface area contributed by atoms with E-state index in [0.29, 0.717) is 5.69 Å². The molecule has 4 nitrogen and oxygen atoms in total. The topological polar surface area (TPSA) is 44.2 Å². The zero-order chi connectivity index (χ0) is 11.6. The van der Waals surface area contributed by atoms with Crippen molar-refractivity contribution < 1.29 is 9.47 Å². The number of rotatable bonds is 3. The molecule has 0 amide bonds. The molecule has 0 spiro atoms. The summed E-state index contributed by atoms with van der Waals surface area (Å²) in [5.74, 6) is -0.867. The Morgan fingerprint density at radius 3 is 2.50 bits per heavy atom. The maximum atomic E-state index is 5.36. The largest absolute Gasteiger partial charge is 0.348 e. The number of hydrogen-bond donors (Lipinski definition) is 0. The molecule has 16 heavy (non-hydrogen) atoms. The van der Waals surface area contributed by atoms with Gasteiger partial charge in [0, 0.05) is 25.0 Å². The quantitative estimate of drug-likeness (QED) is 0.740. The number of nitrogens with zero attached hydrogens (tertiary/aromatic N) is 2. The fourth-order valence-corrected chi connectivity index (χ4v) is 1.64. The van der Waals surface area contributed by atoms with Gasteiger partial charge in [-0.1, -0.05) is 24.3 Å². The Morgan fingerprint density at radius 2 is 1.81 bits per heavy atom. The third kappa shape index (κ3) is 1.66. The van der Waals surface area contributed by atoms with Gasteiger partial charge in [0.05, 0.1) is 6.20 Å². The second-order valence-corrected chi connectivity index (χ2v) is 3.63. The van der Waals surface area contributed by atoms with Crippen molar-refractivity contribution in [1.29, 1.82) is 0 Å². The predicted octanol–water partition coefficient (Wildman–Crippen LogP) is 2.10. The van der Waals surface area contributed by atoms with Crippen LogP contribution in [0.1, 0.15) is 12.6 Å². The first-order valence-corrected chi connectivity index (χ1v) is 5.02. The molecule has 0 fully saturated rings. The van der Waals surface area contributed by atoms with E-state index in [1.54, 1.807) is 20.4 Å². The summed E-state index contributed by atoms with van der Waals surface area (Å²) in [7, 11) is 3.18. The van der Waals surface area contributed by atoms with E-state index in [-0.39, 0.29) is 0 Å². The van der Waals surface area contributed by atoms with Crippen molar-refractivity contribution in [3.05, 3.63) is 36.2 Å². The normalized spacial score (nSPS) is 11.9. The second kappa shape index (κ2) is 4.15. The van der Waals surface area contributed by atoms with Crippen LogP contribution < -0.4 is 0 Å². The molecule has 0 aliphatic carbocycles. The minimum atomic E-state index is -0.867. The molecule has 1 aromatic carbocycles. The standard InChI is InChI=1S/C12H14N2O2/c1-12(15-2,16-3)11-10-7-5-4-6-9(10)8-13-14-11/h4-8H,1-3H3. The molecule has 0 radical (unpaired) electrons. The van der Waals surface area contributed by atoms with Gasteiger partial charge in [-0.05, 0) is 6.92 Å². The van der Waals surface area contributed by atoms with Gasteiger partial charge in [0.1, 0.15) is 5.69 Å². The number of hydrogen-bond acceptors (Lipinski definition) is 4. The molecule has 2 aromatic rings. The highest BCUT2D eigenvalue weighted by Gasteiger charge is 2.29. The molecule has 84 valence electrons. The van der Waals surface area contributed by atoms with Gasteiger partial charge in [-0.3, -0.25) is 0 Å². The Morgan fingerprint density at radius 1 is 1.12 bits per heavy atom. The van der Waals surface area contributed by atoms with Gasteiger partial charge in [-0.2, -0.15) is 5.10 Å². The monoisotopic (exact) mass is 218 g/mol. The van der Waals surface area contributed by atoms with Crippen molar-refractivity contribution in [2.24, 2.45) is 0 Å². The lowest BCUT2D eigenvalue weighted by Gasteiger charge is -2.26. The van der Waals surface area contributed by atoms with Crippen LogP contribution in [0.2, 0.25) is 0 Å². The van der Waals surface area contributed by atoms with Crippen molar-refractivity contribution >= 4 is 10.8 Å². The smallest absolute Gasteiger partial charge is 0.211 e. The molecule has 0 bridgehead atoms. The number of methoxy groups -OCH3 is 2. The number of ether oxygens (including phenoxy) is 2. The van der Waals surface area contributed by atoms with Crippen molar-refractivity contribution in [3.8, 4) is 0 Å². The number of fused-ring (bicyclic) bond motifs is 1. The van der Waals surface area contributed by atoms with Gasteiger partial charge in [0.15, 0.2) is 0 Å². The van der Waals surface area contributed by atoms with Gasteiger partial charge in [-0.15, -0.1) is 5.10 Å². The van der Waals surface area contributed by atoms with Crippen molar-refractivity contribution in [2.75, 3.05) is 14.2 Å². The van der Waals surface area contributed by atoms with E-state index < -0.39 is 5.79 Å². The molecule has 1 heterocycles. The lowest BCUT2D eigenvalue weighted by molar-refractivity contribution is -0.203. The van der Waals surface area contributed by atoms with Crippen LogP contribution in [0.25, 0.3) is 10.8 Å². The highest BCUT2D eigenvalue weighted by Crippen LogP contribution is 2.28. The first-order chi connectivity index (χ1) is 7.71. The summed E-state index contributed by atoms with van der Waals surface area (Å²) >= 11 is 0. The second-order valence-electron chi connectivity index (χ2n) is 3.63. The molecule has 1 aromatic heterocycles. The highest BCUT2D eigenvalue weighted by atomic mass is 16.7. The minimum Gasteiger partial charge on any atom is -0.348 e. The Balaban J connectivity index is 2.69. The SMILES string of the molecule is COC(C)(OC)c1nncc2ccccc12. The molecule has 4 heteroatoms. The fraction of sp³-hybridized carbons (Fsp3) is 0.333. The Hall–Kier alpha value is -1.52. The van der Waals surface area contributed by atoms with Crippen LogP contribution in [-0.4, -0.2) is 24.4 Å².